The molecule has 1 aromatic heterocycles. The van der Waals surface area contributed by atoms with E-state index in [1.54, 1.807) is 0 Å². The fourth-order valence-electron chi connectivity index (χ4n) is 2.57. The van der Waals surface area contributed by atoms with Crippen LogP contribution in [0, 0.1) is 6.92 Å². The van der Waals surface area contributed by atoms with Crippen molar-refractivity contribution in [2.45, 2.75) is 6.92 Å². The van der Waals surface area contributed by atoms with Crippen molar-refractivity contribution in [3.63, 3.8) is 0 Å². The van der Waals surface area contributed by atoms with Gasteiger partial charge in [0.1, 0.15) is 12.0 Å². The molecule has 7 heteroatoms. The highest BCUT2D eigenvalue weighted by molar-refractivity contribution is 5.77. The molecule has 0 radical (unpaired) electrons. The van der Waals surface area contributed by atoms with Crippen molar-refractivity contribution in [2.24, 2.45) is 0 Å². The van der Waals surface area contributed by atoms with E-state index in [2.05, 4.69) is 32.4 Å². The summed E-state index contributed by atoms with van der Waals surface area (Å²) in [5.74, 6) is 1.27. The maximum absolute atomic E-state index is 6.20. The number of anilines is 4. The molecule has 128 valence electrons. The van der Waals surface area contributed by atoms with Gasteiger partial charge in [-0.3, -0.25) is 4.90 Å². The van der Waals surface area contributed by atoms with Crippen LogP contribution in [0.1, 0.15) is 5.56 Å². The van der Waals surface area contributed by atoms with Gasteiger partial charge in [-0.2, -0.15) is 0 Å². The number of hydrogen-bond donors (Lipinski definition) is 3. The summed E-state index contributed by atoms with van der Waals surface area (Å²) < 4.78 is 5.35. The summed E-state index contributed by atoms with van der Waals surface area (Å²) >= 11 is 0. The van der Waals surface area contributed by atoms with Crippen LogP contribution in [0.15, 0.2) is 30.6 Å². The smallest absolute Gasteiger partial charge is 0.159 e. The van der Waals surface area contributed by atoms with Crippen molar-refractivity contribution >= 4 is 23.0 Å². The molecule has 1 aliphatic rings. The van der Waals surface area contributed by atoms with Gasteiger partial charge >= 0.3 is 0 Å². The molecular formula is C17H24N6O. The van der Waals surface area contributed by atoms with Gasteiger partial charge in [0, 0.05) is 31.9 Å². The van der Waals surface area contributed by atoms with Crippen molar-refractivity contribution in [2.75, 3.05) is 55.8 Å². The number of benzene rings is 1. The minimum Gasteiger partial charge on any atom is -0.393 e. The Morgan fingerprint density at radius 1 is 1.12 bits per heavy atom. The van der Waals surface area contributed by atoms with Gasteiger partial charge in [-0.05, 0) is 19.1 Å². The Kier molecular flexibility index (Phi) is 5.45. The fourth-order valence-corrected chi connectivity index (χ4v) is 2.57. The van der Waals surface area contributed by atoms with E-state index in [-0.39, 0.29) is 0 Å². The number of morpholine rings is 1. The first-order valence-electron chi connectivity index (χ1n) is 8.20. The number of nitrogen functional groups attached to an aromatic ring is 1. The monoisotopic (exact) mass is 328 g/mol. The number of aryl methyl sites for hydroxylation is 1. The van der Waals surface area contributed by atoms with Crippen molar-refractivity contribution < 1.29 is 4.74 Å². The van der Waals surface area contributed by atoms with Gasteiger partial charge in [0.25, 0.3) is 0 Å². The Morgan fingerprint density at radius 2 is 1.83 bits per heavy atom. The molecule has 1 saturated heterocycles. The standard InChI is InChI=1S/C17H24N6O/c1-13-2-4-14(5-3-13)22-17-15(18)16(20-12-21-17)19-6-7-23-8-10-24-11-9-23/h2-5,12H,6-11,18H2,1H3,(H2,19,20,21,22). The van der Waals surface area contributed by atoms with E-state index in [1.807, 2.05) is 24.3 Å². The summed E-state index contributed by atoms with van der Waals surface area (Å²) in [6, 6.07) is 8.09. The number of nitrogens with two attached hydrogens (primary N) is 1. The summed E-state index contributed by atoms with van der Waals surface area (Å²) in [4.78, 5) is 10.8. The molecule has 0 saturated carbocycles. The van der Waals surface area contributed by atoms with Gasteiger partial charge in [-0.15, -0.1) is 0 Å². The lowest BCUT2D eigenvalue weighted by Crippen LogP contribution is -2.39. The molecule has 0 amide bonds. The second kappa shape index (κ2) is 7.94. The molecule has 1 aliphatic heterocycles. The van der Waals surface area contributed by atoms with E-state index in [0.717, 1.165) is 45.1 Å². The zero-order chi connectivity index (χ0) is 16.8. The molecule has 3 rings (SSSR count). The SMILES string of the molecule is Cc1ccc(Nc2ncnc(NCCN3CCOCC3)c2N)cc1. The Morgan fingerprint density at radius 3 is 2.58 bits per heavy atom. The Bertz CT molecular complexity index is 655. The molecule has 2 aromatic rings. The molecule has 0 spiro atoms. The molecule has 2 heterocycles. The summed E-state index contributed by atoms with van der Waals surface area (Å²) in [6.07, 6.45) is 1.52. The molecule has 0 aliphatic carbocycles. The van der Waals surface area contributed by atoms with Crippen LogP contribution in [-0.2, 0) is 4.74 Å². The van der Waals surface area contributed by atoms with Gasteiger partial charge in [0.2, 0.25) is 0 Å². The van der Waals surface area contributed by atoms with Crippen molar-refractivity contribution in [1.29, 1.82) is 0 Å². The van der Waals surface area contributed by atoms with Crippen LogP contribution in [0.25, 0.3) is 0 Å². The quantitative estimate of drug-likeness (QED) is 0.746. The van der Waals surface area contributed by atoms with Crippen LogP contribution in [0.5, 0.6) is 0 Å². The van der Waals surface area contributed by atoms with E-state index in [1.165, 1.54) is 11.9 Å². The molecule has 0 bridgehead atoms. The third kappa shape index (κ3) is 4.33. The minimum atomic E-state index is 0.528. The van der Waals surface area contributed by atoms with Gasteiger partial charge in [-0.1, -0.05) is 17.7 Å². The molecule has 7 nitrogen and oxygen atoms in total. The van der Waals surface area contributed by atoms with Crippen LogP contribution >= 0.6 is 0 Å². The Labute approximate surface area is 142 Å². The third-order valence-electron chi connectivity index (χ3n) is 4.02. The molecular weight excluding hydrogens is 304 g/mol. The molecule has 4 N–H and O–H groups in total. The van der Waals surface area contributed by atoms with E-state index >= 15 is 0 Å². The Balaban J connectivity index is 1.59. The van der Waals surface area contributed by atoms with Crippen molar-refractivity contribution in [3.05, 3.63) is 36.2 Å². The number of nitrogens with one attached hydrogen (secondary N) is 2. The normalized spacial score (nSPS) is 15.2. The first-order valence-corrected chi connectivity index (χ1v) is 8.20. The highest BCUT2D eigenvalue weighted by atomic mass is 16.5. The summed E-state index contributed by atoms with van der Waals surface area (Å²) in [6.45, 7) is 7.33. The van der Waals surface area contributed by atoms with Gasteiger partial charge < -0.3 is 21.1 Å². The predicted molar refractivity (Wildman–Crippen MR) is 96.7 cm³/mol. The number of ether oxygens (including phenoxy) is 1. The lowest BCUT2D eigenvalue weighted by atomic mass is 10.2. The Hall–Kier alpha value is -2.38. The number of nitrogens with zero attached hydrogens (tertiary/aromatic N) is 3. The van der Waals surface area contributed by atoms with Crippen LogP contribution < -0.4 is 16.4 Å². The molecule has 0 unspecified atom stereocenters. The fraction of sp³-hybridized carbons (Fsp3) is 0.412. The average molecular weight is 328 g/mol. The van der Waals surface area contributed by atoms with Crippen LogP contribution in [0.4, 0.5) is 23.0 Å². The topological polar surface area (TPSA) is 88.3 Å². The molecule has 1 aromatic carbocycles. The lowest BCUT2D eigenvalue weighted by molar-refractivity contribution is 0.0398. The molecule has 24 heavy (non-hydrogen) atoms. The largest absolute Gasteiger partial charge is 0.393 e. The van der Waals surface area contributed by atoms with Gasteiger partial charge in [-0.25, -0.2) is 9.97 Å². The third-order valence-corrected chi connectivity index (χ3v) is 4.02. The number of rotatable bonds is 6. The summed E-state index contributed by atoms with van der Waals surface area (Å²) in [5, 5.41) is 6.53. The maximum atomic E-state index is 6.20. The first-order chi connectivity index (χ1) is 11.7. The molecule has 0 atom stereocenters. The van der Waals surface area contributed by atoms with Crippen LogP contribution in [-0.4, -0.2) is 54.3 Å². The van der Waals surface area contributed by atoms with E-state index < -0.39 is 0 Å². The summed E-state index contributed by atoms with van der Waals surface area (Å²) in [7, 11) is 0. The zero-order valence-corrected chi connectivity index (χ0v) is 14.0. The highest BCUT2D eigenvalue weighted by Crippen LogP contribution is 2.25. The van der Waals surface area contributed by atoms with Gasteiger partial charge in [0.15, 0.2) is 11.6 Å². The van der Waals surface area contributed by atoms with E-state index in [0.29, 0.717) is 17.3 Å². The lowest BCUT2D eigenvalue weighted by Gasteiger charge is -2.26. The maximum Gasteiger partial charge on any atom is 0.159 e. The second-order valence-electron chi connectivity index (χ2n) is 5.86. The van der Waals surface area contributed by atoms with Crippen molar-refractivity contribution in [3.8, 4) is 0 Å². The second-order valence-corrected chi connectivity index (χ2v) is 5.86. The number of hydrogen-bond acceptors (Lipinski definition) is 7. The predicted octanol–water partition coefficient (Wildman–Crippen LogP) is 1.85. The number of aromatic nitrogens is 2. The minimum absolute atomic E-state index is 0.528. The van der Waals surface area contributed by atoms with Crippen LogP contribution in [0.3, 0.4) is 0 Å². The molecule has 1 fully saturated rings. The summed E-state index contributed by atoms with van der Waals surface area (Å²) in [5.41, 5.74) is 8.88. The van der Waals surface area contributed by atoms with Gasteiger partial charge in [0.05, 0.1) is 13.2 Å². The van der Waals surface area contributed by atoms with E-state index in [4.69, 9.17) is 10.5 Å². The van der Waals surface area contributed by atoms with Crippen molar-refractivity contribution in [1.82, 2.24) is 14.9 Å². The van der Waals surface area contributed by atoms with Crippen LogP contribution in [0.2, 0.25) is 0 Å². The zero-order valence-electron chi connectivity index (χ0n) is 14.0. The average Bonchev–Trinajstić information content (AvgIpc) is 2.61. The highest BCUT2D eigenvalue weighted by Gasteiger charge is 2.11. The first kappa shape index (κ1) is 16.5. The van der Waals surface area contributed by atoms with E-state index in [9.17, 15) is 0 Å².